The summed E-state index contributed by atoms with van der Waals surface area (Å²) in [5.74, 6) is 0.738. The van der Waals surface area contributed by atoms with Crippen molar-refractivity contribution >= 4 is 5.91 Å². The fraction of sp³-hybridized carbons (Fsp3) is 0.400. The highest BCUT2D eigenvalue weighted by molar-refractivity contribution is 5.82. The Labute approximate surface area is 122 Å². The predicted octanol–water partition coefficient (Wildman–Crippen LogP) is 1.42. The topological polar surface area (TPSA) is 59.8 Å². The molecular formula is C15H17FN4O. The fourth-order valence-corrected chi connectivity index (χ4v) is 2.55. The molecular weight excluding hydrogens is 271 g/mol. The average molecular weight is 288 g/mol. The molecule has 0 unspecified atom stereocenters. The van der Waals surface area contributed by atoms with Crippen molar-refractivity contribution in [3.05, 3.63) is 47.8 Å². The van der Waals surface area contributed by atoms with Gasteiger partial charge in [0.1, 0.15) is 18.0 Å². The van der Waals surface area contributed by atoms with Crippen molar-refractivity contribution in [3.63, 3.8) is 0 Å². The molecule has 1 aromatic heterocycles. The van der Waals surface area contributed by atoms with Crippen molar-refractivity contribution in [2.45, 2.75) is 18.8 Å². The van der Waals surface area contributed by atoms with Crippen LogP contribution in [0.3, 0.4) is 0 Å². The van der Waals surface area contributed by atoms with Gasteiger partial charge in [0.2, 0.25) is 5.91 Å². The molecule has 1 aliphatic rings. The Morgan fingerprint density at radius 3 is 3.10 bits per heavy atom. The van der Waals surface area contributed by atoms with Gasteiger partial charge in [0.05, 0.1) is 0 Å². The standard InChI is InChI=1S/C15H17FN4O/c1-20-9-18-19-14(20)5-6-17-15(21)13-8-12(13)10-3-2-4-11(16)7-10/h2-4,7,9,12-13H,5-6,8H2,1H3,(H,17,21)/t12-,13-/m0/s1. The number of amides is 1. The second-order valence-corrected chi connectivity index (χ2v) is 5.40. The van der Waals surface area contributed by atoms with Crippen molar-refractivity contribution in [2.75, 3.05) is 6.54 Å². The minimum Gasteiger partial charge on any atom is -0.355 e. The van der Waals surface area contributed by atoms with E-state index in [0.29, 0.717) is 13.0 Å². The summed E-state index contributed by atoms with van der Waals surface area (Å²) in [4.78, 5) is 12.0. The van der Waals surface area contributed by atoms with Crippen molar-refractivity contribution < 1.29 is 9.18 Å². The van der Waals surface area contributed by atoms with Crippen LogP contribution in [-0.4, -0.2) is 27.2 Å². The molecule has 0 aliphatic heterocycles. The number of benzene rings is 1. The van der Waals surface area contributed by atoms with Crippen molar-refractivity contribution in [3.8, 4) is 0 Å². The van der Waals surface area contributed by atoms with Crippen LogP contribution in [0.4, 0.5) is 4.39 Å². The van der Waals surface area contributed by atoms with Gasteiger partial charge in [0, 0.05) is 25.9 Å². The maximum absolute atomic E-state index is 13.2. The van der Waals surface area contributed by atoms with Crippen LogP contribution in [0, 0.1) is 11.7 Å². The molecule has 1 aromatic carbocycles. The summed E-state index contributed by atoms with van der Waals surface area (Å²) in [5.41, 5.74) is 0.906. The SMILES string of the molecule is Cn1cnnc1CCNC(=O)[C@H]1C[C@H]1c1cccc(F)c1. The predicted molar refractivity (Wildman–Crippen MR) is 75.0 cm³/mol. The number of carbonyl (C=O) groups excluding carboxylic acids is 1. The van der Waals surface area contributed by atoms with Crippen LogP contribution in [-0.2, 0) is 18.3 Å². The van der Waals surface area contributed by atoms with E-state index in [4.69, 9.17) is 0 Å². The number of rotatable bonds is 5. The number of aromatic nitrogens is 3. The number of nitrogens with zero attached hydrogens (tertiary/aromatic N) is 3. The summed E-state index contributed by atoms with van der Waals surface area (Å²) in [6.07, 6.45) is 3.08. The maximum Gasteiger partial charge on any atom is 0.223 e. The van der Waals surface area contributed by atoms with Gasteiger partial charge < -0.3 is 9.88 Å². The van der Waals surface area contributed by atoms with E-state index in [1.807, 2.05) is 17.7 Å². The summed E-state index contributed by atoms with van der Waals surface area (Å²) in [6.45, 7) is 0.539. The molecule has 1 fully saturated rings. The van der Waals surface area contributed by atoms with E-state index >= 15 is 0 Å². The van der Waals surface area contributed by atoms with E-state index in [0.717, 1.165) is 17.8 Å². The Morgan fingerprint density at radius 2 is 2.38 bits per heavy atom. The third-order valence-corrected chi connectivity index (χ3v) is 3.86. The normalized spacial score (nSPS) is 20.3. The van der Waals surface area contributed by atoms with Crippen molar-refractivity contribution in [1.29, 1.82) is 0 Å². The Bertz CT molecular complexity index is 655. The molecule has 0 radical (unpaired) electrons. The average Bonchev–Trinajstić information content (AvgIpc) is 3.17. The van der Waals surface area contributed by atoms with Crippen LogP contribution < -0.4 is 5.32 Å². The molecule has 0 bridgehead atoms. The van der Waals surface area contributed by atoms with Crippen LogP contribution in [0.5, 0.6) is 0 Å². The van der Waals surface area contributed by atoms with E-state index in [-0.39, 0.29) is 23.6 Å². The molecule has 3 rings (SSSR count). The lowest BCUT2D eigenvalue weighted by Gasteiger charge is -2.05. The lowest BCUT2D eigenvalue weighted by atomic mass is 10.1. The second kappa shape index (κ2) is 5.63. The van der Waals surface area contributed by atoms with Crippen molar-refractivity contribution in [1.82, 2.24) is 20.1 Å². The Hall–Kier alpha value is -2.24. The quantitative estimate of drug-likeness (QED) is 0.905. The zero-order chi connectivity index (χ0) is 14.8. The fourth-order valence-electron chi connectivity index (χ4n) is 2.55. The molecule has 5 nitrogen and oxygen atoms in total. The van der Waals surface area contributed by atoms with E-state index in [1.54, 1.807) is 12.4 Å². The highest BCUT2D eigenvalue weighted by Crippen LogP contribution is 2.47. The monoisotopic (exact) mass is 288 g/mol. The molecule has 21 heavy (non-hydrogen) atoms. The number of hydrogen-bond acceptors (Lipinski definition) is 3. The summed E-state index contributed by atoms with van der Waals surface area (Å²) in [5, 5.41) is 10.7. The summed E-state index contributed by atoms with van der Waals surface area (Å²) in [6, 6.07) is 6.49. The Kier molecular flexibility index (Phi) is 3.68. The molecule has 1 aliphatic carbocycles. The molecule has 2 aromatic rings. The van der Waals surface area contributed by atoms with Crippen LogP contribution in [0.2, 0.25) is 0 Å². The first-order valence-corrected chi connectivity index (χ1v) is 7.01. The minimum atomic E-state index is -0.249. The highest BCUT2D eigenvalue weighted by Gasteiger charge is 2.43. The molecule has 1 amide bonds. The number of hydrogen-bond donors (Lipinski definition) is 1. The third-order valence-electron chi connectivity index (χ3n) is 3.86. The summed E-state index contributed by atoms with van der Waals surface area (Å²) in [7, 11) is 1.87. The van der Waals surface area contributed by atoms with Gasteiger partial charge >= 0.3 is 0 Å². The molecule has 1 N–H and O–H groups in total. The van der Waals surface area contributed by atoms with Gasteiger partial charge in [0.25, 0.3) is 0 Å². The number of nitrogens with one attached hydrogen (secondary N) is 1. The van der Waals surface area contributed by atoms with E-state index in [1.165, 1.54) is 12.1 Å². The zero-order valence-electron chi connectivity index (χ0n) is 11.8. The first-order chi connectivity index (χ1) is 10.1. The molecule has 6 heteroatoms. The minimum absolute atomic E-state index is 0.0337. The first kappa shape index (κ1) is 13.7. The molecule has 0 saturated heterocycles. The van der Waals surface area contributed by atoms with Crippen LogP contribution in [0.15, 0.2) is 30.6 Å². The smallest absolute Gasteiger partial charge is 0.223 e. The van der Waals surface area contributed by atoms with Crippen LogP contribution in [0.1, 0.15) is 23.7 Å². The van der Waals surface area contributed by atoms with E-state index in [2.05, 4.69) is 15.5 Å². The molecule has 2 atom stereocenters. The second-order valence-electron chi connectivity index (χ2n) is 5.40. The number of halogens is 1. The van der Waals surface area contributed by atoms with Crippen LogP contribution in [0.25, 0.3) is 0 Å². The van der Waals surface area contributed by atoms with Crippen molar-refractivity contribution in [2.24, 2.45) is 13.0 Å². The van der Waals surface area contributed by atoms with E-state index in [9.17, 15) is 9.18 Å². The summed E-state index contributed by atoms with van der Waals surface area (Å²) < 4.78 is 15.0. The maximum atomic E-state index is 13.2. The molecule has 110 valence electrons. The van der Waals surface area contributed by atoms with Gasteiger partial charge in [-0.15, -0.1) is 10.2 Å². The van der Waals surface area contributed by atoms with Gasteiger partial charge in [-0.3, -0.25) is 4.79 Å². The Morgan fingerprint density at radius 1 is 1.52 bits per heavy atom. The zero-order valence-corrected chi connectivity index (χ0v) is 11.8. The highest BCUT2D eigenvalue weighted by atomic mass is 19.1. The molecule has 1 heterocycles. The van der Waals surface area contributed by atoms with Gasteiger partial charge in [-0.1, -0.05) is 12.1 Å². The third kappa shape index (κ3) is 3.09. The Balaban J connectivity index is 1.48. The molecule has 1 saturated carbocycles. The van der Waals surface area contributed by atoms with Gasteiger partial charge in [-0.2, -0.15) is 0 Å². The van der Waals surface area contributed by atoms with Gasteiger partial charge in [-0.25, -0.2) is 4.39 Å². The van der Waals surface area contributed by atoms with Gasteiger partial charge in [0.15, 0.2) is 0 Å². The number of carbonyl (C=O) groups is 1. The lowest BCUT2D eigenvalue weighted by Crippen LogP contribution is -2.28. The van der Waals surface area contributed by atoms with E-state index < -0.39 is 0 Å². The molecule has 0 spiro atoms. The largest absolute Gasteiger partial charge is 0.355 e. The number of aryl methyl sites for hydroxylation is 1. The first-order valence-electron chi connectivity index (χ1n) is 7.01. The summed E-state index contributed by atoms with van der Waals surface area (Å²) >= 11 is 0. The lowest BCUT2D eigenvalue weighted by molar-refractivity contribution is -0.122. The van der Waals surface area contributed by atoms with Crippen LogP contribution >= 0.6 is 0 Å². The van der Waals surface area contributed by atoms with Gasteiger partial charge in [-0.05, 0) is 30.0 Å².